The molecule has 0 spiro atoms. The van der Waals surface area contributed by atoms with E-state index in [-0.39, 0.29) is 11.8 Å². The smallest absolute Gasteiger partial charge is 0.249 e. The molecule has 140 valence electrons. The molecule has 0 unspecified atom stereocenters. The number of aryl methyl sites for hydroxylation is 1. The van der Waals surface area contributed by atoms with Gasteiger partial charge in [-0.3, -0.25) is 14.8 Å². The molecule has 0 aliphatic heterocycles. The summed E-state index contributed by atoms with van der Waals surface area (Å²) in [7, 11) is 0. The summed E-state index contributed by atoms with van der Waals surface area (Å²) < 4.78 is 3.60. The van der Waals surface area contributed by atoms with Gasteiger partial charge in [-0.25, -0.2) is 4.52 Å². The number of nitrogens with zero attached hydrogens (tertiary/aromatic N) is 5. The van der Waals surface area contributed by atoms with Crippen molar-refractivity contribution in [3.63, 3.8) is 0 Å². The average Bonchev–Trinajstić information content (AvgIpc) is 3.31. The van der Waals surface area contributed by atoms with E-state index in [1.165, 1.54) is 11.1 Å². The molecule has 1 N–H and O–H groups in total. The van der Waals surface area contributed by atoms with Crippen molar-refractivity contribution in [2.45, 2.75) is 26.3 Å². The molecule has 1 aliphatic rings. The summed E-state index contributed by atoms with van der Waals surface area (Å²) in [6.45, 7) is 2.79. The van der Waals surface area contributed by atoms with Gasteiger partial charge in [-0.1, -0.05) is 29.8 Å². The van der Waals surface area contributed by atoms with E-state index in [2.05, 4.69) is 51.7 Å². The van der Waals surface area contributed by atoms with Gasteiger partial charge in [0.2, 0.25) is 11.9 Å². The van der Waals surface area contributed by atoms with Crippen molar-refractivity contribution in [2.24, 2.45) is 5.92 Å². The zero-order chi connectivity index (χ0) is 19.1. The Morgan fingerprint density at radius 1 is 1.21 bits per heavy atom. The van der Waals surface area contributed by atoms with E-state index in [9.17, 15) is 4.79 Å². The average molecular weight is 372 g/mol. The van der Waals surface area contributed by atoms with Crippen LogP contribution in [0.5, 0.6) is 0 Å². The van der Waals surface area contributed by atoms with E-state index in [0.29, 0.717) is 18.1 Å². The lowest BCUT2D eigenvalue weighted by Crippen LogP contribution is -2.14. The molecule has 1 saturated carbocycles. The first-order chi connectivity index (χ1) is 13.7. The number of aromatic nitrogens is 5. The summed E-state index contributed by atoms with van der Waals surface area (Å²) in [4.78, 5) is 16.5. The number of hydrogen-bond donors (Lipinski definition) is 1. The number of nitrogens with one attached hydrogen (secondary N) is 1. The number of amides is 1. The van der Waals surface area contributed by atoms with Crippen LogP contribution in [0, 0.1) is 12.8 Å². The van der Waals surface area contributed by atoms with Gasteiger partial charge in [-0.2, -0.15) is 10.1 Å². The lowest BCUT2D eigenvalue weighted by molar-refractivity contribution is -0.117. The molecular formula is C21H20N6O. The van der Waals surface area contributed by atoms with Crippen LogP contribution >= 0.6 is 0 Å². The van der Waals surface area contributed by atoms with Crippen LogP contribution in [0.3, 0.4) is 0 Å². The fraction of sp³-hybridized carbons (Fsp3) is 0.238. The van der Waals surface area contributed by atoms with Gasteiger partial charge in [0.1, 0.15) is 0 Å². The van der Waals surface area contributed by atoms with Crippen LogP contribution in [0.15, 0.2) is 55.0 Å². The number of carbonyl (C=O) groups excluding carboxylic acids is 1. The van der Waals surface area contributed by atoms with Gasteiger partial charge in [0, 0.05) is 29.4 Å². The molecule has 0 bridgehead atoms. The highest BCUT2D eigenvalue weighted by Crippen LogP contribution is 2.30. The van der Waals surface area contributed by atoms with Crippen LogP contribution in [0.25, 0.3) is 16.8 Å². The third kappa shape index (κ3) is 3.26. The van der Waals surface area contributed by atoms with E-state index in [0.717, 1.165) is 24.0 Å². The van der Waals surface area contributed by atoms with Crippen LogP contribution in [-0.2, 0) is 11.3 Å². The van der Waals surface area contributed by atoms with Crippen LogP contribution in [0.2, 0.25) is 0 Å². The van der Waals surface area contributed by atoms with E-state index in [4.69, 9.17) is 0 Å². The highest BCUT2D eigenvalue weighted by atomic mass is 16.2. The summed E-state index contributed by atoms with van der Waals surface area (Å²) in [5.41, 5.74) is 5.03. The lowest BCUT2D eigenvalue weighted by Gasteiger charge is -2.02. The van der Waals surface area contributed by atoms with Crippen molar-refractivity contribution in [3.8, 4) is 11.1 Å². The second kappa shape index (κ2) is 6.60. The first kappa shape index (κ1) is 16.7. The molecule has 1 fully saturated rings. The number of fused-ring (bicyclic) bond motifs is 1. The predicted octanol–water partition coefficient (Wildman–Crippen LogP) is 3.30. The summed E-state index contributed by atoms with van der Waals surface area (Å²) in [5.74, 6) is 0.464. The summed E-state index contributed by atoms with van der Waals surface area (Å²) in [5, 5.41) is 11.7. The number of benzene rings is 1. The molecule has 3 aromatic heterocycles. The predicted molar refractivity (Wildman–Crippen MR) is 106 cm³/mol. The maximum atomic E-state index is 12.0. The number of rotatable bonds is 5. The molecule has 1 aromatic carbocycles. The monoisotopic (exact) mass is 372 g/mol. The maximum Gasteiger partial charge on any atom is 0.249 e. The van der Waals surface area contributed by atoms with Crippen molar-refractivity contribution in [1.29, 1.82) is 0 Å². The quantitative estimate of drug-likeness (QED) is 0.583. The highest BCUT2D eigenvalue weighted by Gasteiger charge is 2.30. The lowest BCUT2D eigenvalue weighted by atomic mass is 10.1. The normalized spacial score (nSPS) is 13.8. The van der Waals surface area contributed by atoms with Crippen LogP contribution < -0.4 is 5.32 Å². The van der Waals surface area contributed by atoms with Crippen molar-refractivity contribution in [3.05, 3.63) is 66.1 Å². The van der Waals surface area contributed by atoms with Crippen LogP contribution in [-0.4, -0.2) is 30.3 Å². The minimum atomic E-state index is 0.00312. The molecule has 3 heterocycles. The Kier molecular flexibility index (Phi) is 3.93. The zero-order valence-corrected chi connectivity index (χ0v) is 15.5. The molecule has 7 nitrogen and oxygen atoms in total. The molecule has 1 amide bonds. The first-order valence-electron chi connectivity index (χ1n) is 9.40. The SMILES string of the molecule is Cc1ccc(Cn2cc(-c3cccn4nc(NC(=O)C5CC5)nc34)cn2)cc1. The minimum Gasteiger partial charge on any atom is -0.293 e. The van der Waals surface area contributed by atoms with E-state index in [1.54, 1.807) is 4.52 Å². The fourth-order valence-corrected chi connectivity index (χ4v) is 3.21. The van der Waals surface area contributed by atoms with E-state index >= 15 is 0 Å². The van der Waals surface area contributed by atoms with Gasteiger partial charge in [-0.05, 0) is 37.5 Å². The Balaban J connectivity index is 1.42. The van der Waals surface area contributed by atoms with Crippen molar-refractivity contribution in [1.82, 2.24) is 24.4 Å². The minimum absolute atomic E-state index is 0.00312. The number of carbonyl (C=O) groups is 1. The molecule has 5 rings (SSSR count). The largest absolute Gasteiger partial charge is 0.293 e. The Labute approximate surface area is 162 Å². The Hall–Kier alpha value is -3.48. The highest BCUT2D eigenvalue weighted by molar-refractivity contribution is 5.93. The molecular weight excluding hydrogens is 352 g/mol. The van der Waals surface area contributed by atoms with Gasteiger partial charge in [0.05, 0.1) is 12.7 Å². The molecule has 1 aliphatic carbocycles. The summed E-state index contributed by atoms with van der Waals surface area (Å²) in [6, 6.07) is 12.3. The van der Waals surface area contributed by atoms with Crippen molar-refractivity contribution < 1.29 is 4.79 Å². The molecule has 0 atom stereocenters. The summed E-state index contributed by atoms with van der Waals surface area (Å²) >= 11 is 0. The molecule has 4 aromatic rings. The fourth-order valence-electron chi connectivity index (χ4n) is 3.21. The zero-order valence-electron chi connectivity index (χ0n) is 15.5. The van der Waals surface area contributed by atoms with Crippen LogP contribution in [0.1, 0.15) is 24.0 Å². The standard InChI is InChI=1S/C21H20N6O/c1-14-4-6-15(7-5-14)12-26-13-17(11-22-26)18-3-2-10-27-19(18)23-21(25-27)24-20(28)16-8-9-16/h2-7,10-11,13,16H,8-9,12H2,1H3,(H,24,25,28). The first-order valence-corrected chi connectivity index (χ1v) is 9.40. The van der Waals surface area contributed by atoms with Crippen molar-refractivity contribution in [2.75, 3.05) is 5.32 Å². The molecule has 7 heteroatoms. The van der Waals surface area contributed by atoms with Gasteiger partial charge >= 0.3 is 0 Å². The third-order valence-corrected chi connectivity index (χ3v) is 4.95. The second-order valence-corrected chi connectivity index (χ2v) is 7.30. The van der Waals surface area contributed by atoms with Gasteiger partial charge in [-0.15, -0.1) is 5.10 Å². The molecule has 0 radical (unpaired) electrons. The third-order valence-electron chi connectivity index (χ3n) is 4.95. The number of pyridine rings is 1. The number of anilines is 1. The Morgan fingerprint density at radius 3 is 2.82 bits per heavy atom. The Morgan fingerprint density at radius 2 is 2.04 bits per heavy atom. The molecule has 0 saturated heterocycles. The van der Waals surface area contributed by atoms with Gasteiger partial charge < -0.3 is 0 Å². The van der Waals surface area contributed by atoms with E-state index in [1.807, 2.05) is 35.4 Å². The van der Waals surface area contributed by atoms with Gasteiger partial charge in [0.25, 0.3) is 0 Å². The van der Waals surface area contributed by atoms with Crippen molar-refractivity contribution >= 4 is 17.5 Å². The van der Waals surface area contributed by atoms with Gasteiger partial charge in [0.15, 0.2) is 5.65 Å². The summed E-state index contributed by atoms with van der Waals surface area (Å²) in [6.07, 6.45) is 7.57. The Bertz CT molecular complexity index is 1150. The van der Waals surface area contributed by atoms with E-state index < -0.39 is 0 Å². The second-order valence-electron chi connectivity index (χ2n) is 7.30. The topological polar surface area (TPSA) is 77.1 Å². The number of hydrogen-bond acceptors (Lipinski definition) is 4. The van der Waals surface area contributed by atoms with Crippen LogP contribution in [0.4, 0.5) is 5.95 Å². The molecule has 28 heavy (non-hydrogen) atoms. The maximum absolute atomic E-state index is 12.0.